The molecule has 0 radical (unpaired) electrons. The van der Waals surface area contributed by atoms with Crippen LogP contribution in [0.1, 0.15) is 55.9 Å². The number of aromatic nitrogens is 1. The second-order valence-corrected chi connectivity index (χ2v) is 9.93. The SMILES string of the molecule is COc1c(N2C[C@@H]3CCCN[C@@H]3C2)c(F)cc2c(=O)c(C(=O)OB(OC(C)=O)OC(C)=O)cn(C3CC3)c12. The number of ether oxygens (including phenoxy) is 1. The molecule has 1 N–H and O–H groups in total. The van der Waals surface area contributed by atoms with E-state index in [-0.39, 0.29) is 23.2 Å². The van der Waals surface area contributed by atoms with E-state index in [0.29, 0.717) is 30.2 Å². The van der Waals surface area contributed by atoms with Gasteiger partial charge in [-0.05, 0) is 44.2 Å². The molecule has 5 rings (SSSR count). The fourth-order valence-corrected chi connectivity index (χ4v) is 5.44. The van der Waals surface area contributed by atoms with Gasteiger partial charge < -0.3 is 33.5 Å². The van der Waals surface area contributed by atoms with Crippen molar-refractivity contribution in [2.75, 3.05) is 31.6 Å². The number of halogens is 1. The van der Waals surface area contributed by atoms with E-state index in [9.17, 15) is 19.2 Å². The Morgan fingerprint density at radius 3 is 2.39 bits per heavy atom. The Kier molecular flexibility index (Phi) is 7.04. The minimum absolute atomic E-state index is 0.0302. The second-order valence-electron chi connectivity index (χ2n) is 9.93. The zero-order chi connectivity index (χ0) is 27.1. The summed E-state index contributed by atoms with van der Waals surface area (Å²) in [5.74, 6) is -2.91. The molecule has 13 heteroatoms. The van der Waals surface area contributed by atoms with Crippen LogP contribution in [0.2, 0.25) is 0 Å². The van der Waals surface area contributed by atoms with Gasteiger partial charge in [0.15, 0.2) is 11.6 Å². The molecular weight excluding hydrogens is 500 g/mol. The van der Waals surface area contributed by atoms with Crippen LogP contribution in [0.5, 0.6) is 5.75 Å². The third-order valence-corrected chi connectivity index (χ3v) is 7.21. The quantitative estimate of drug-likeness (QED) is 0.532. The van der Waals surface area contributed by atoms with E-state index >= 15 is 4.39 Å². The molecule has 2 aromatic rings. The van der Waals surface area contributed by atoms with Gasteiger partial charge in [0.2, 0.25) is 5.43 Å². The van der Waals surface area contributed by atoms with Crippen LogP contribution >= 0.6 is 0 Å². The number of hydrogen-bond donors (Lipinski definition) is 1. The average molecular weight is 529 g/mol. The molecule has 3 heterocycles. The third-order valence-electron chi connectivity index (χ3n) is 7.21. The smallest absolute Gasteiger partial charge is 0.492 e. The van der Waals surface area contributed by atoms with Crippen molar-refractivity contribution in [1.82, 2.24) is 9.88 Å². The lowest BCUT2D eigenvalue weighted by atomic mass is 9.94. The summed E-state index contributed by atoms with van der Waals surface area (Å²) in [4.78, 5) is 51.1. The Labute approximate surface area is 218 Å². The molecule has 2 aliphatic heterocycles. The van der Waals surface area contributed by atoms with E-state index in [2.05, 4.69) is 5.32 Å². The van der Waals surface area contributed by atoms with Gasteiger partial charge in [-0.25, -0.2) is 9.18 Å². The molecule has 0 amide bonds. The molecule has 0 unspecified atom stereocenters. The summed E-state index contributed by atoms with van der Waals surface area (Å²) in [7, 11) is -0.533. The minimum Gasteiger partial charge on any atom is -0.492 e. The highest BCUT2D eigenvalue weighted by atomic mass is 19.1. The van der Waals surface area contributed by atoms with Gasteiger partial charge in [0.05, 0.1) is 18.0 Å². The van der Waals surface area contributed by atoms with Gasteiger partial charge in [-0.3, -0.25) is 14.4 Å². The van der Waals surface area contributed by atoms with Gasteiger partial charge in [-0.1, -0.05) is 0 Å². The van der Waals surface area contributed by atoms with Gasteiger partial charge in [0, 0.05) is 45.2 Å². The summed E-state index contributed by atoms with van der Waals surface area (Å²) >= 11 is 0. The van der Waals surface area contributed by atoms with Crippen molar-refractivity contribution in [1.29, 1.82) is 0 Å². The predicted octanol–water partition coefficient (Wildman–Crippen LogP) is 1.94. The number of nitrogens with zero attached hydrogens (tertiary/aromatic N) is 2. The lowest BCUT2D eigenvalue weighted by molar-refractivity contribution is -0.139. The number of carbonyl (C=O) groups excluding carboxylic acids is 3. The standard InChI is InChI=1S/C25H29BFN3O8/c1-13(31)36-26(37-14(2)32)38-25(34)18-11-30(16-6-7-16)21-17(23(18)33)9-19(27)22(24(21)35-3)29-10-15-5-4-8-28-20(15)12-29/h9,11,15-16,20,28H,4-8,10,12H2,1-3H3/t15-,20+/m0/s1. The molecule has 1 aromatic heterocycles. The van der Waals surface area contributed by atoms with Crippen LogP contribution in [0, 0.1) is 11.7 Å². The summed E-state index contributed by atoms with van der Waals surface area (Å²) in [5, 5.41) is 3.46. The first-order chi connectivity index (χ1) is 18.2. The van der Waals surface area contributed by atoms with Crippen LogP contribution in [0.25, 0.3) is 10.9 Å². The maximum absolute atomic E-state index is 15.7. The number of hydrogen-bond acceptors (Lipinski definition) is 10. The molecule has 202 valence electrons. The molecule has 11 nitrogen and oxygen atoms in total. The van der Waals surface area contributed by atoms with Gasteiger partial charge in [0.1, 0.15) is 11.3 Å². The summed E-state index contributed by atoms with van der Waals surface area (Å²) < 4.78 is 37.7. The van der Waals surface area contributed by atoms with Crippen molar-refractivity contribution in [3.8, 4) is 5.75 Å². The first kappa shape index (κ1) is 26.0. The van der Waals surface area contributed by atoms with Crippen molar-refractivity contribution in [3.05, 3.63) is 33.9 Å². The molecule has 0 bridgehead atoms. The monoisotopic (exact) mass is 529 g/mol. The van der Waals surface area contributed by atoms with Crippen LogP contribution in [-0.4, -0.2) is 62.6 Å². The van der Waals surface area contributed by atoms with Crippen molar-refractivity contribution >= 4 is 41.8 Å². The Hall–Kier alpha value is -3.61. The molecule has 3 fully saturated rings. The van der Waals surface area contributed by atoms with Crippen LogP contribution in [-0.2, 0) is 23.6 Å². The normalized spacial score (nSPS) is 20.6. The molecule has 0 spiro atoms. The van der Waals surface area contributed by atoms with Crippen LogP contribution < -0.4 is 20.4 Å². The third kappa shape index (κ3) is 4.94. The van der Waals surface area contributed by atoms with Crippen LogP contribution in [0.4, 0.5) is 10.1 Å². The van der Waals surface area contributed by atoms with E-state index in [1.165, 1.54) is 13.3 Å². The number of fused-ring (bicyclic) bond motifs is 2. The number of carbonyl (C=O) groups is 3. The second kappa shape index (κ2) is 10.3. The average Bonchev–Trinajstić information content (AvgIpc) is 3.60. The Morgan fingerprint density at radius 1 is 1.08 bits per heavy atom. The van der Waals surface area contributed by atoms with E-state index in [1.54, 1.807) is 4.57 Å². The van der Waals surface area contributed by atoms with Crippen molar-refractivity contribution in [2.24, 2.45) is 5.92 Å². The highest BCUT2D eigenvalue weighted by Crippen LogP contribution is 2.45. The summed E-state index contributed by atoms with van der Waals surface area (Å²) in [6, 6.07) is 1.36. The highest BCUT2D eigenvalue weighted by Gasteiger charge is 2.39. The highest BCUT2D eigenvalue weighted by molar-refractivity contribution is 6.44. The van der Waals surface area contributed by atoms with Gasteiger partial charge >= 0.3 is 13.3 Å². The van der Waals surface area contributed by atoms with Crippen molar-refractivity contribution in [2.45, 2.75) is 51.6 Å². The zero-order valence-corrected chi connectivity index (χ0v) is 21.5. The summed E-state index contributed by atoms with van der Waals surface area (Å²) in [6.45, 7) is 4.30. The molecule has 38 heavy (non-hydrogen) atoms. The van der Waals surface area contributed by atoms with E-state index < -0.39 is 42.0 Å². The number of nitrogens with one attached hydrogen (secondary N) is 1. The maximum atomic E-state index is 15.7. The summed E-state index contributed by atoms with van der Waals surface area (Å²) in [5.41, 5.74) is -0.511. The molecule has 3 aliphatic rings. The maximum Gasteiger partial charge on any atom is 0.870 e. The number of anilines is 1. The first-order valence-corrected chi connectivity index (χ1v) is 12.7. The van der Waals surface area contributed by atoms with E-state index in [4.69, 9.17) is 18.7 Å². The Morgan fingerprint density at radius 2 is 1.79 bits per heavy atom. The fourth-order valence-electron chi connectivity index (χ4n) is 5.44. The summed E-state index contributed by atoms with van der Waals surface area (Å²) in [6.07, 6.45) is 5.07. The lowest BCUT2D eigenvalue weighted by Crippen LogP contribution is -2.40. The number of piperidine rings is 1. The number of benzene rings is 1. The van der Waals surface area contributed by atoms with Gasteiger partial charge in [-0.15, -0.1) is 0 Å². The lowest BCUT2D eigenvalue weighted by Gasteiger charge is -2.25. The molecule has 1 aliphatic carbocycles. The van der Waals surface area contributed by atoms with Crippen molar-refractivity contribution in [3.63, 3.8) is 0 Å². The molecule has 2 atom stereocenters. The number of rotatable bonds is 7. The fraction of sp³-hybridized carbons (Fsp3) is 0.520. The van der Waals surface area contributed by atoms with Gasteiger partial charge in [-0.2, -0.15) is 0 Å². The van der Waals surface area contributed by atoms with Gasteiger partial charge in [0.25, 0.3) is 11.9 Å². The number of methoxy groups -OCH3 is 1. The van der Waals surface area contributed by atoms with E-state index in [0.717, 1.165) is 52.1 Å². The predicted molar refractivity (Wildman–Crippen MR) is 134 cm³/mol. The van der Waals surface area contributed by atoms with Crippen LogP contribution in [0.15, 0.2) is 17.1 Å². The Balaban J connectivity index is 1.58. The van der Waals surface area contributed by atoms with E-state index in [1.807, 2.05) is 4.90 Å². The minimum atomic E-state index is -1.97. The van der Waals surface area contributed by atoms with Crippen LogP contribution in [0.3, 0.4) is 0 Å². The molecule has 1 saturated carbocycles. The molecule has 1 aromatic carbocycles. The first-order valence-electron chi connectivity index (χ1n) is 12.7. The van der Waals surface area contributed by atoms with Crippen molar-refractivity contribution < 1.29 is 37.5 Å². The Bertz CT molecular complexity index is 1330. The molecule has 2 saturated heterocycles. The largest absolute Gasteiger partial charge is 0.870 e. The molecular formula is C25H29BFN3O8. The zero-order valence-electron chi connectivity index (χ0n) is 21.5. The number of pyridine rings is 1. The topological polar surface area (TPSA) is 125 Å².